The van der Waals surface area contributed by atoms with Crippen LogP contribution in [0, 0.1) is 6.92 Å². The van der Waals surface area contributed by atoms with Crippen molar-refractivity contribution in [2.75, 3.05) is 0 Å². The summed E-state index contributed by atoms with van der Waals surface area (Å²) in [6.45, 7) is 1.99. The largest absolute Gasteiger partial charge is 0.481 e. The Bertz CT molecular complexity index is 552. The van der Waals surface area contributed by atoms with Crippen LogP contribution in [0.2, 0.25) is 0 Å². The summed E-state index contributed by atoms with van der Waals surface area (Å²) in [6, 6.07) is 9.03. The summed E-state index contributed by atoms with van der Waals surface area (Å²) >= 11 is 0. The summed E-state index contributed by atoms with van der Waals surface area (Å²) in [4.78, 5) is 18.4. The van der Waals surface area contributed by atoms with Gasteiger partial charge >= 0.3 is 5.97 Å². The molecule has 1 aromatic heterocycles. The van der Waals surface area contributed by atoms with Crippen molar-refractivity contribution in [3.8, 4) is 11.6 Å². The molecule has 0 atom stereocenters. The zero-order chi connectivity index (χ0) is 13.0. The Morgan fingerprint density at radius 3 is 2.67 bits per heavy atom. The second-order valence-corrected chi connectivity index (χ2v) is 3.83. The van der Waals surface area contributed by atoms with Gasteiger partial charge in [0.05, 0.1) is 12.1 Å². The fourth-order valence-corrected chi connectivity index (χ4v) is 1.41. The second kappa shape index (κ2) is 5.27. The highest BCUT2D eigenvalue weighted by Gasteiger charge is 2.05. The SMILES string of the molecule is Cc1ccc(Oc2cc(CC(=O)O)ncn2)cc1. The Balaban J connectivity index is 2.13. The van der Waals surface area contributed by atoms with Gasteiger partial charge in [0.1, 0.15) is 12.1 Å². The summed E-state index contributed by atoms with van der Waals surface area (Å²) in [7, 11) is 0. The van der Waals surface area contributed by atoms with E-state index in [4.69, 9.17) is 9.84 Å². The third-order valence-corrected chi connectivity index (χ3v) is 2.27. The molecule has 0 unspecified atom stereocenters. The van der Waals surface area contributed by atoms with Gasteiger partial charge in [0.15, 0.2) is 0 Å². The van der Waals surface area contributed by atoms with Crippen LogP contribution in [-0.2, 0) is 11.2 Å². The van der Waals surface area contributed by atoms with Crippen molar-refractivity contribution in [1.29, 1.82) is 0 Å². The van der Waals surface area contributed by atoms with Gasteiger partial charge in [-0.15, -0.1) is 0 Å². The van der Waals surface area contributed by atoms with Gasteiger partial charge in [0, 0.05) is 6.07 Å². The fourth-order valence-electron chi connectivity index (χ4n) is 1.41. The van der Waals surface area contributed by atoms with Crippen LogP contribution < -0.4 is 4.74 Å². The van der Waals surface area contributed by atoms with E-state index in [0.717, 1.165) is 5.56 Å². The van der Waals surface area contributed by atoms with Crippen molar-refractivity contribution in [3.05, 3.63) is 47.9 Å². The molecule has 0 fully saturated rings. The molecule has 92 valence electrons. The molecule has 0 amide bonds. The summed E-state index contributed by atoms with van der Waals surface area (Å²) < 4.78 is 5.51. The molecule has 0 bridgehead atoms. The lowest BCUT2D eigenvalue weighted by Gasteiger charge is -2.05. The van der Waals surface area contributed by atoms with Gasteiger partial charge in [-0.25, -0.2) is 9.97 Å². The van der Waals surface area contributed by atoms with E-state index in [-0.39, 0.29) is 6.42 Å². The fraction of sp³-hybridized carbons (Fsp3) is 0.154. The molecule has 18 heavy (non-hydrogen) atoms. The zero-order valence-electron chi connectivity index (χ0n) is 9.83. The van der Waals surface area contributed by atoms with Gasteiger partial charge in [0.25, 0.3) is 0 Å². The van der Waals surface area contributed by atoms with E-state index in [1.807, 2.05) is 31.2 Å². The summed E-state index contributed by atoms with van der Waals surface area (Å²) in [6.07, 6.45) is 1.15. The average molecular weight is 244 g/mol. The monoisotopic (exact) mass is 244 g/mol. The number of nitrogens with zero attached hydrogens (tertiary/aromatic N) is 2. The number of hydrogen-bond acceptors (Lipinski definition) is 4. The number of rotatable bonds is 4. The first-order chi connectivity index (χ1) is 8.63. The normalized spacial score (nSPS) is 10.1. The second-order valence-electron chi connectivity index (χ2n) is 3.83. The molecule has 0 aliphatic heterocycles. The predicted octanol–water partition coefficient (Wildman–Crippen LogP) is 2.20. The Labute approximate surface area is 104 Å². The van der Waals surface area contributed by atoms with E-state index < -0.39 is 5.97 Å². The van der Waals surface area contributed by atoms with Crippen LogP contribution in [0.3, 0.4) is 0 Å². The van der Waals surface area contributed by atoms with Crippen LogP contribution in [-0.4, -0.2) is 21.0 Å². The lowest BCUT2D eigenvalue weighted by molar-refractivity contribution is -0.136. The molecular weight excluding hydrogens is 232 g/mol. The van der Waals surface area contributed by atoms with Crippen LogP contribution in [0.5, 0.6) is 11.6 Å². The number of hydrogen-bond donors (Lipinski definition) is 1. The third-order valence-electron chi connectivity index (χ3n) is 2.27. The van der Waals surface area contributed by atoms with Gasteiger partial charge in [0.2, 0.25) is 5.88 Å². The molecule has 0 aliphatic carbocycles. The molecule has 0 saturated heterocycles. The number of benzene rings is 1. The topological polar surface area (TPSA) is 72.3 Å². The van der Waals surface area contributed by atoms with Gasteiger partial charge < -0.3 is 9.84 Å². The molecule has 1 N–H and O–H groups in total. The molecular formula is C13H12N2O3. The molecule has 5 nitrogen and oxygen atoms in total. The predicted molar refractivity (Wildman–Crippen MR) is 64.6 cm³/mol. The van der Waals surface area contributed by atoms with Gasteiger partial charge in [-0.2, -0.15) is 0 Å². The molecule has 1 aromatic carbocycles. The summed E-state index contributed by atoms with van der Waals surface area (Å²) in [5, 5.41) is 8.68. The van der Waals surface area contributed by atoms with Crippen LogP contribution >= 0.6 is 0 Å². The van der Waals surface area contributed by atoms with E-state index in [2.05, 4.69) is 9.97 Å². The van der Waals surface area contributed by atoms with E-state index in [1.165, 1.54) is 12.4 Å². The Kier molecular flexibility index (Phi) is 3.52. The molecule has 0 spiro atoms. The molecule has 2 aromatic rings. The van der Waals surface area contributed by atoms with Gasteiger partial charge in [-0.3, -0.25) is 4.79 Å². The number of aryl methyl sites for hydroxylation is 1. The third kappa shape index (κ3) is 3.28. The van der Waals surface area contributed by atoms with Crippen molar-refractivity contribution in [3.63, 3.8) is 0 Å². The first-order valence-corrected chi connectivity index (χ1v) is 5.41. The minimum atomic E-state index is -0.935. The molecule has 0 saturated carbocycles. The first-order valence-electron chi connectivity index (χ1n) is 5.41. The van der Waals surface area contributed by atoms with Crippen LogP contribution in [0.15, 0.2) is 36.7 Å². The van der Waals surface area contributed by atoms with Crippen molar-refractivity contribution < 1.29 is 14.6 Å². The average Bonchev–Trinajstić information content (AvgIpc) is 2.32. The zero-order valence-corrected chi connectivity index (χ0v) is 9.83. The molecule has 0 aliphatic rings. The van der Waals surface area contributed by atoms with Gasteiger partial charge in [-0.05, 0) is 19.1 Å². The highest BCUT2D eigenvalue weighted by Crippen LogP contribution is 2.19. The lowest BCUT2D eigenvalue weighted by Crippen LogP contribution is -2.03. The van der Waals surface area contributed by atoms with Gasteiger partial charge in [-0.1, -0.05) is 17.7 Å². The minimum absolute atomic E-state index is 0.146. The van der Waals surface area contributed by atoms with Crippen LogP contribution in [0.25, 0.3) is 0 Å². The number of aliphatic carboxylic acids is 1. The standard InChI is InChI=1S/C13H12N2O3/c1-9-2-4-11(5-3-9)18-12-6-10(7-13(16)17)14-8-15-12/h2-6,8H,7H2,1H3,(H,16,17). The van der Waals surface area contributed by atoms with E-state index >= 15 is 0 Å². The highest BCUT2D eigenvalue weighted by atomic mass is 16.5. The molecule has 2 rings (SSSR count). The number of carboxylic acids is 1. The lowest BCUT2D eigenvalue weighted by atomic mass is 10.2. The maximum Gasteiger partial charge on any atom is 0.309 e. The van der Waals surface area contributed by atoms with Crippen molar-refractivity contribution in [2.45, 2.75) is 13.3 Å². The minimum Gasteiger partial charge on any atom is -0.481 e. The van der Waals surface area contributed by atoms with E-state index in [9.17, 15) is 4.79 Å². The number of carboxylic acid groups (broad SMARTS) is 1. The van der Waals surface area contributed by atoms with Crippen LogP contribution in [0.4, 0.5) is 0 Å². The Morgan fingerprint density at radius 2 is 2.00 bits per heavy atom. The highest BCUT2D eigenvalue weighted by molar-refractivity contribution is 5.69. The van der Waals surface area contributed by atoms with Crippen molar-refractivity contribution in [1.82, 2.24) is 9.97 Å². The van der Waals surface area contributed by atoms with E-state index in [0.29, 0.717) is 17.3 Å². The molecule has 5 heteroatoms. The van der Waals surface area contributed by atoms with Crippen LogP contribution in [0.1, 0.15) is 11.3 Å². The summed E-state index contributed by atoms with van der Waals surface area (Å²) in [5.74, 6) is 0.0562. The summed E-state index contributed by atoms with van der Waals surface area (Å²) in [5.41, 5.74) is 1.55. The Morgan fingerprint density at radius 1 is 1.28 bits per heavy atom. The maximum atomic E-state index is 10.6. The van der Waals surface area contributed by atoms with Crippen molar-refractivity contribution >= 4 is 5.97 Å². The van der Waals surface area contributed by atoms with E-state index in [1.54, 1.807) is 0 Å². The number of aromatic nitrogens is 2. The van der Waals surface area contributed by atoms with Crippen molar-refractivity contribution in [2.24, 2.45) is 0 Å². The maximum absolute atomic E-state index is 10.6. The smallest absolute Gasteiger partial charge is 0.309 e. The quantitative estimate of drug-likeness (QED) is 0.892. The molecule has 1 heterocycles. The Hall–Kier alpha value is -2.43. The molecule has 0 radical (unpaired) electrons. The number of ether oxygens (including phenoxy) is 1. The number of carbonyl (C=O) groups is 1. The first kappa shape index (κ1) is 12.0.